The summed E-state index contributed by atoms with van der Waals surface area (Å²) < 4.78 is 16.9. The molecule has 6 rings (SSSR count). The van der Waals surface area contributed by atoms with Crippen LogP contribution in [0.3, 0.4) is 0 Å². The SMILES string of the molecule is COC(=O)[C@@]1(C)CC[C@]2(C(=O)O)C[C@]3(C)C(=CC[C@@H]4[C@@]5(C)C[C@H](O)[C@H](O[C@@H]6OC[C@@H](O)[C@H](O)[C@H]6O)[C@@](C)(CO)[C@@H]5CC[C@]43C)[C@@H]2C1. The first-order valence-electron chi connectivity index (χ1n) is 17.0. The molecule has 260 valence electrons. The number of fused-ring (bicyclic) bond motifs is 7. The average molecular weight is 651 g/mol. The number of rotatable bonds is 5. The van der Waals surface area contributed by atoms with Crippen LogP contribution >= 0.6 is 0 Å². The molecule has 15 atom stereocenters. The molecule has 46 heavy (non-hydrogen) atoms. The fourth-order valence-corrected chi connectivity index (χ4v) is 12.2. The van der Waals surface area contributed by atoms with Crippen LogP contribution in [0.25, 0.3) is 0 Å². The first kappa shape index (κ1) is 34.3. The van der Waals surface area contributed by atoms with Crippen LogP contribution in [0.5, 0.6) is 0 Å². The Hall–Kier alpha value is -1.60. The number of carboxylic acid groups (broad SMARTS) is 1. The zero-order chi connectivity index (χ0) is 33.8. The lowest BCUT2D eigenvalue weighted by atomic mass is 9.36. The summed E-state index contributed by atoms with van der Waals surface area (Å²) in [4.78, 5) is 26.1. The van der Waals surface area contributed by atoms with Gasteiger partial charge in [0.25, 0.3) is 0 Å². The van der Waals surface area contributed by atoms with E-state index in [1.54, 1.807) is 0 Å². The average Bonchev–Trinajstić information content (AvgIpc) is 3.28. The van der Waals surface area contributed by atoms with Gasteiger partial charge in [-0.25, -0.2) is 0 Å². The maximum absolute atomic E-state index is 13.2. The zero-order valence-electron chi connectivity index (χ0n) is 28.1. The molecule has 0 aromatic heterocycles. The van der Waals surface area contributed by atoms with Crippen LogP contribution in [-0.2, 0) is 23.8 Å². The van der Waals surface area contributed by atoms with Gasteiger partial charge in [-0.2, -0.15) is 0 Å². The molecule has 1 aliphatic heterocycles. The van der Waals surface area contributed by atoms with Gasteiger partial charge < -0.3 is 44.8 Å². The number of carbonyl (C=O) groups excluding carboxylic acids is 1. The van der Waals surface area contributed by atoms with Crippen LogP contribution in [0.2, 0.25) is 0 Å². The largest absolute Gasteiger partial charge is 0.481 e. The van der Waals surface area contributed by atoms with E-state index >= 15 is 0 Å². The van der Waals surface area contributed by atoms with Crippen molar-refractivity contribution in [2.75, 3.05) is 20.3 Å². The summed E-state index contributed by atoms with van der Waals surface area (Å²) in [5.74, 6) is -1.37. The Kier molecular flexibility index (Phi) is 8.16. The summed E-state index contributed by atoms with van der Waals surface area (Å²) in [6, 6.07) is 0. The van der Waals surface area contributed by atoms with Gasteiger partial charge in [-0.3, -0.25) is 9.59 Å². The summed E-state index contributed by atoms with van der Waals surface area (Å²) in [5, 5.41) is 64.4. The fourth-order valence-electron chi connectivity index (χ4n) is 12.2. The molecule has 6 aliphatic rings. The molecule has 0 aromatic rings. The molecular weight excluding hydrogens is 596 g/mol. The van der Waals surface area contributed by atoms with Gasteiger partial charge in [-0.15, -0.1) is 0 Å². The second-order valence-electron chi connectivity index (χ2n) is 17.0. The summed E-state index contributed by atoms with van der Waals surface area (Å²) in [5.41, 5.74) is -2.68. The molecule has 0 aromatic carbocycles. The fraction of sp³-hybridized carbons (Fsp3) is 0.886. The number of aliphatic carboxylic acids is 1. The number of esters is 1. The Bertz CT molecular complexity index is 1290. The van der Waals surface area contributed by atoms with Crippen LogP contribution in [0.15, 0.2) is 11.6 Å². The lowest BCUT2D eigenvalue weighted by Crippen LogP contribution is -2.68. The van der Waals surface area contributed by atoms with E-state index in [2.05, 4.69) is 26.8 Å². The first-order chi connectivity index (χ1) is 21.4. The van der Waals surface area contributed by atoms with Crippen LogP contribution in [-0.4, -0.2) is 99.7 Å². The van der Waals surface area contributed by atoms with Gasteiger partial charge in [0, 0.05) is 5.41 Å². The summed E-state index contributed by atoms with van der Waals surface area (Å²) in [7, 11) is 1.39. The number of aliphatic hydroxyl groups is 5. The number of hydrogen-bond donors (Lipinski definition) is 6. The highest BCUT2D eigenvalue weighted by molar-refractivity contribution is 5.81. The van der Waals surface area contributed by atoms with Gasteiger partial charge >= 0.3 is 11.9 Å². The third kappa shape index (κ3) is 4.34. The third-order valence-electron chi connectivity index (χ3n) is 14.9. The van der Waals surface area contributed by atoms with Crippen molar-refractivity contribution in [3.05, 3.63) is 11.6 Å². The van der Waals surface area contributed by atoms with Gasteiger partial charge in [-0.1, -0.05) is 39.3 Å². The van der Waals surface area contributed by atoms with Gasteiger partial charge in [0.2, 0.25) is 0 Å². The summed E-state index contributed by atoms with van der Waals surface area (Å²) in [6.07, 6.45) is -0.782. The molecule has 0 bridgehead atoms. The summed E-state index contributed by atoms with van der Waals surface area (Å²) >= 11 is 0. The van der Waals surface area contributed by atoms with Crippen LogP contribution < -0.4 is 0 Å². The molecular formula is C35H54O11. The normalized spacial score (nSPS) is 54.8. The Balaban J connectivity index is 1.35. The Morgan fingerprint density at radius 3 is 2.28 bits per heavy atom. The predicted octanol–water partition coefficient (Wildman–Crippen LogP) is 2.40. The van der Waals surface area contributed by atoms with Crippen molar-refractivity contribution in [1.29, 1.82) is 0 Å². The van der Waals surface area contributed by atoms with Crippen molar-refractivity contribution < 1.29 is 54.4 Å². The molecule has 0 amide bonds. The molecule has 1 saturated heterocycles. The van der Waals surface area contributed by atoms with Crippen LogP contribution in [0, 0.1) is 50.2 Å². The number of allylic oxidation sites excluding steroid dienone is 2. The minimum atomic E-state index is -1.52. The van der Waals surface area contributed by atoms with Gasteiger partial charge in [0.15, 0.2) is 6.29 Å². The van der Waals surface area contributed by atoms with Gasteiger partial charge in [-0.05, 0) is 92.3 Å². The van der Waals surface area contributed by atoms with E-state index in [-0.39, 0.29) is 42.4 Å². The van der Waals surface area contributed by atoms with E-state index in [0.717, 1.165) is 18.4 Å². The zero-order valence-corrected chi connectivity index (χ0v) is 28.1. The van der Waals surface area contributed by atoms with Crippen LogP contribution in [0.1, 0.15) is 86.0 Å². The first-order valence-corrected chi connectivity index (χ1v) is 17.0. The summed E-state index contributed by atoms with van der Waals surface area (Å²) in [6.45, 7) is 10.0. The van der Waals surface area contributed by atoms with E-state index in [9.17, 15) is 40.2 Å². The maximum atomic E-state index is 13.2. The molecule has 11 heteroatoms. The maximum Gasteiger partial charge on any atom is 0.311 e. The highest BCUT2D eigenvalue weighted by Gasteiger charge is 2.74. The van der Waals surface area contributed by atoms with Crippen molar-refractivity contribution in [2.45, 2.75) is 123 Å². The number of carboxylic acids is 1. The monoisotopic (exact) mass is 650 g/mol. The molecule has 0 spiro atoms. The molecule has 5 aliphatic carbocycles. The lowest BCUT2D eigenvalue weighted by Gasteiger charge is -2.69. The van der Waals surface area contributed by atoms with E-state index in [0.29, 0.717) is 38.5 Å². The van der Waals surface area contributed by atoms with E-state index in [1.165, 1.54) is 7.11 Å². The van der Waals surface area contributed by atoms with Crippen molar-refractivity contribution in [3.63, 3.8) is 0 Å². The third-order valence-corrected chi connectivity index (χ3v) is 14.9. The lowest BCUT2D eigenvalue weighted by molar-refractivity contribution is -0.327. The second-order valence-corrected chi connectivity index (χ2v) is 17.0. The van der Waals surface area contributed by atoms with Crippen molar-refractivity contribution in [2.24, 2.45) is 50.2 Å². The second kappa shape index (κ2) is 11.0. The number of aliphatic hydroxyl groups excluding tert-OH is 5. The minimum absolute atomic E-state index is 0.0699. The molecule has 0 radical (unpaired) electrons. The molecule has 1 heterocycles. The standard InChI is InChI=1S/C35H54O11/c1-30(29(43)44-6)11-12-35(28(41)42)16-34(5)18(19(35)13-30)7-8-23-31(2)14-20(37)26(46-27-25(40)24(39)21(38)15-45-27)32(3,17-36)22(31)9-10-33(23,34)4/h7,19-27,36-40H,8-17H2,1-6H3,(H,41,42)/t19-,20-,21+,22+,23+,24-,25+,26-,27-,30-,31-,32-,33+,34+,35-/m0/s1. The Labute approximate surface area is 271 Å². The van der Waals surface area contributed by atoms with Gasteiger partial charge in [0.1, 0.15) is 18.3 Å². The van der Waals surface area contributed by atoms with Crippen molar-refractivity contribution in [1.82, 2.24) is 0 Å². The number of ether oxygens (including phenoxy) is 3. The van der Waals surface area contributed by atoms with Gasteiger partial charge in [0.05, 0.1) is 43.4 Å². The highest BCUT2D eigenvalue weighted by Crippen LogP contribution is 2.78. The minimum Gasteiger partial charge on any atom is -0.481 e. The van der Waals surface area contributed by atoms with E-state index in [1.807, 2.05) is 13.8 Å². The molecule has 4 saturated carbocycles. The van der Waals surface area contributed by atoms with E-state index in [4.69, 9.17) is 14.2 Å². The molecule has 11 nitrogen and oxygen atoms in total. The smallest absolute Gasteiger partial charge is 0.311 e. The topological polar surface area (TPSA) is 183 Å². The Morgan fingerprint density at radius 2 is 1.65 bits per heavy atom. The molecule has 6 N–H and O–H groups in total. The number of hydrogen-bond acceptors (Lipinski definition) is 10. The van der Waals surface area contributed by atoms with Crippen LogP contribution in [0.4, 0.5) is 0 Å². The Morgan fingerprint density at radius 1 is 0.957 bits per heavy atom. The molecule has 0 unspecified atom stereocenters. The quantitative estimate of drug-likeness (QED) is 0.146. The number of methoxy groups -OCH3 is 1. The highest BCUT2D eigenvalue weighted by atomic mass is 16.7. The number of carbonyl (C=O) groups is 2. The predicted molar refractivity (Wildman–Crippen MR) is 164 cm³/mol. The van der Waals surface area contributed by atoms with E-state index < -0.39 is 69.9 Å². The molecule has 5 fully saturated rings. The van der Waals surface area contributed by atoms with Crippen molar-refractivity contribution in [3.8, 4) is 0 Å². The van der Waals surface area contributed by atoms with Crippen molar-refractivity contribution >= 4 is 11.9 Å².